The van der Waals surface area contributed by atoms with E-state index < -0.39 is 0 Å². The fourth-order valence-corrected chi connectivity index (χ4v) is 4.16. The van der Waals surface area contributed by atoms with Gasteiger partial charge in [0.25, 0.3) is 11.8 Å². The second-order valence-corrected chi connectivity index (χ2v) is 8.52. The van der Waals surface area contributed by atoms with Gasteiger partial charge in [-0.05, 0) is 85.6 Å². The lowest BCUT2D eigenvalue weighted by Gasteiger charge is -2.09. The molecule has 3 aromatic carbocycles. The molecule has 7 heteroatoms. The Labute approximate surface area is 199 Å². The molecule has 0 saturated carbocycles. The summed E-state index contributed by atoms with van der Waals surface area (Å²) < 4.78 is 21.1. The third kappa shape index (κ3) is 4.68. The molecule has 0 unspecified atom stereocenters. The van der Waals surface area contributed by atoms with Gasteiger partial charge in [-0.25, -0.2) is 4.39 Å². The maximum absolute atomic E-state index is 13.4. The molecule has 1 aromatic heterocycles. The van der Waals surface area contributed by atoms with Crippen molar-refractivity contribution in [3.05, 3.63) is 99.4 Å². The Morgan fingerprint density at radius 3 is 2.33 bits per heavy atom. The van der Waals surface area contributed by atoms with E-state index in [9.17, 15) is 14.0 Å². The summed E-state index contributed by atoms with van der Waals surface area (Å²) in [4.78, 5) is 25.8. The number of ether oxygens (including phenoxy) is 1. The number of amides is 1. The third-order valence-electron chi connectivity index (χ3n) is 5.60. The summed E-state index contributed by atoms with van der Waals surface area (Å²) in [5, 5.41) is 3.77. The fourth-order valence-electron chi connectivity index (χ4n) is 3.89. The van der Waals surface area contributed by atoms with Crippen LogP contribution in [0.5, 0.6) is 5.75 Å². The van der Waals surface area contributed by atoms with Gasteiger partial charge in [0.2, 0.25) is 0 Å². The summed E-state index contributed by atoms with van der Waals surface area (Å²) >= 11 is 3.40. The Balaban J connectivity index is 1.65. The highest BCUT2D eigenvalue weighted by molar-refractivity contribution is 9.10. The van der Waals surface area contributed by atoms with Gasteiger partial charge in [-0.15, -0.1) is 0 Å². The molecule has 0 bridgehead atoms. The predicted octanol–water partition coefficient (Wildman–Crippen LogP) is 5.52. The van der Waals surface area contributed by atoms with Crippen molar-refractivity contribution in [1.29, 1.82) is 0 Å². The van der Waals surface area contributed by atoms with Gasteiger partial charge in [0.15, 0.2) is 0 Å². The number of nitrogens with zero attached hydrogens (tertiary/aromatic N) is 1. The minimum atomic E-state index is -0.389. The Bertz CT molecular complexity index is 1330. The zero-order chi connectivity index (χ0) is 23.5. The second-order valence-electron chi connectivity index (χ2n) is 7.61. The van der Waals surface area contributed by atoms with E-state index in [1.54, 1.807) is 23.8 Å². The maximum atomic E-state index is 13.4. The van der Waals surface area contributed by atoms with Gasteiger partial charge in [0, 0.05) is 33.2 Å². The molecule has 4 aromatic rings. The van der Waals surface area contributed by atoms with Gasteiger partial charge in [-0.1, -0.05) is 15.9 Å². The molecule has 4 rings (SSSR count). The van der Waals surface area contributed by atoms with E-state index in [4.69, 9.17) is 4.74 Å². The first kappa shape index (κ1) is 22.7. The highest BCUT2D eigenvalue weighted by atomic mass is 79.9. The average molecular weight is 509 g/mol. The van der Waals surface area contributed by atoms with E-state index >= 15 is 0 Å². The van der Waals surface area contributed by atoms with Crippen LogP contribution in [0.3, 0.4) is 0 Å². The number of halogens is 2. The number of carbonyl (C=O) groups is 2. The average Bonchev–Trinajstić information content (AvgIpc) is 3.10. The first-order valence-corrected chi connectivity index (χ1v) is 11.2. The van der Waals surface area contributed by atoms with Crippen molar-refractivity contribution in [2.75, 3.05) is 13.7 Å². The summed E-state index contributed by atoms with van der Waals surface area (Å²) in [6, 6.07) is 18.3. The van der Waals surface area contributed by atoms with Crippen molar-refractivity contribution in [3.8, 4) is 5.75 Å². The molecule has 0 aliphatic rings. The number of hydrogen-bond acceptors (Lipinski definition) is 3. The van der Waals surface area contributed by atoms with Crippen LogP contribution in [0, 0.1) is 12.7 Å². The number of fused-ring (bicyclic) bond motifs is 1. The lowest BCUT2D eigenvalue weighted by atomic mass is 10.1. The van der Waals surface area contributed by atoms with E-state index in [0.717, 1.165) is 26.6 Å². The van der Waals surface area contributed by atoms with Crippen LogP contribution < -0.4 is 10.1 Å². The van der Waals surface area contributed by atoms with Gasteiger partial charge in [0.1, 0.15) is 11.6 Å². The fraction of sp³-hybridized carbons (Fsp3) is 0.154. The van der Waals surface area contributed by atoms with Crippen molar-refractivity contribution in [2.24, 2.45) is 0 Å². The number of methoxy groups -OCH3 is 1. The number of hydrogen-bond donors (Lipinski definition) is 1. The molecule has 1 amide bonds. The van der Waals surface area contributed by atoms with Crippen molar-refractivity contribution in [1.82, 2.24) is 9.88 Å². The molecule has 0 atom stereocenters. The van der Waals surface area contributed by atoms with E-state index in [1.165, 1.54) is 24.3 Å². The minimum Gasteiger partial charge on any atom is -0.497 e. The standard InChI is InChI=1S/C26H22BrFN2O3/c1-16-22(13-14-29-25(31)17-5-9-20(28)10-6-17)23-15-21(33-2)11-12-24(23)30(16)26(32)18-3-7-19(27)8-4-18/h3-12,15H,13-14H2,1-2H3,(H,29,31). The minimum absolute atomic E-state index is 0.128. The van der Waals surface area contributed by atoms with Crippen molar-refractivity contribution >= 4 is 38.6 Å². The molecule has 1 heterocycles. The van der Waals surface area contributed by atoms with Crippen LogP contribution in [0.4, 0.5) is 4.39 Å². The summed E-state index contributed by atoms with van der Waals surface area (Å²) in [6.07, 6.45) is 0.517. The van der Waals surface area contributed by atoms with Crippen LogP contribution in [0.1, 0.15) is 32.0 Å². The lowest BCUT2D eigenvalue weighted by molar-refractivity contribution is 0.0947. The smallest absolute Gasteiger partial charge is 0.262 e. The van der Waals surface area contributed by atoms with Crippen LogP contribution in [-0.2, 0) is 6.42 Å². The number of carbonyl (C=O) groups excluding carboxylic acids is 2. The van der Waals surface area contributed by atoms with Gasteiger partial charge >= 0.3 is 0 Å². The number of rotatable bonds is 6. The Morgan fingerprint density at radius 2 is 1.67 bits per heavy atom. The Hall–Kier alpha value is -3.45. The van der Waals surface area contributed by atoms with Crippen molar-refractivity contribution in [3.63, 3.8) is 0 Å². The molecule has 0 fully saturated rings. The topological polar surface area (TPSA) is 60.3 Å². The molecule has 33 heavy (non-hydrogen) atoms. The number of benzene rings is 3. The zero-order valence-corrected chi connectivity index (χ0v) is 19.8. The quantitative estimate of drug-likeness (QED) is 0.373. The molecule has 5 nitrogen and oxygen atoms in total. The molecule has 0 spiro atoms. The molecular weight excluding hydrogens is 487 g/mol. The molecule has 168 valence electrons. The monoisotopic (exact) mass is 508 g/mol. The van der Waals surface area contributed by atoms with Gasteiger partial charge in [-0.3, -0.25) is 14.2 Å². The van der Waals surface area contributed by atoms with Gasteiger partial charge < -0.3 is 10.1 Å². The summed E-state index contributed by atoms with van der Waals surface area (Å²) in [5.74, 6) is -0.108. The second kappa shape index (κ2) is 9.58. The van der Waals surface area contributed by atoms with E-state index in [2.05, 4.69) is 21.2 Å². The van der Waals surface area contributed by atoms with Crippen molar-refractivity contribution in [2.45, 2.75) is 13.3 Å². The summed E-state index contributed by atoms with van der Waals surface area (Å²) in [6.45, 7) is 2.26. The van der Waals surface area contributed by atoms with Gasteiger partial charge in [0.05, 0.1) is 12.6 Å². The highest BCUT2D eigenvalue weighted by Gasteiger charge is 2.20. The van der Waals surface area contributed by atoms with E-state index in [-0.39, 0.29) is 17.6 Å². The zero-order valence-electron chi connectivity index (χ0n) is 18.2. The Kier molecular flexibility index (Phi) is 6.60. The molecule has 0 radical (unpaired) electrons. The SMILES string of the molecule is COc1ccc2c(c1)c(CCNC(=O)c1ccc(F)cc1)c(C)n2C(=O)c1ccc(Br)cc1. The largest absolute Gasteiger partial charge is 0.497 e. The van der Waals surface area contributed by atoms with E-state index in [0.29, 0.717) is 29.8 Å². The number of aromatic nitrogens is 1. The van der Waals surface area contributed by atoms with E-state index in [1.807, 2.05) is 37.3 Å². The maximum Gasteiger partial charge on any atom is 0.262 e. The molecule has 1 N–H and O–H groups in total. The Morgan fingerprint density at radius 1 is 1.00 bits per heavy atom. The highest BCUT2D eigenvalue weighted by Crippen LogP contribution is 2.30. The van der Waals surface area contributed by atoms with Crippen LogP contribution in [0.25, 0.3) is 10.9 Å². The normalized spacial score (nSPS) is 10.9. The molecule has 0 aliphatic heterocycles. The summed E-state index contributed by atoms with van der Waals surface area (Å²) in [7, 11) is 1.60. The lowest BCUT2D eigenvalue weighted by Crippen LogP contribution is -2.25. The predicted molar refractivity (Wildman–Crippen MR) is 130 cm³/mol. The molecule has 0 aliphatic carbocycles. The molecular formula is C26H22BrFN2O3. The third-order valence-corrected chi connectivity index (χ3v) is 6.13. The van der Waals surface area contributed by atoms with Gasteiger partial charge in [-0.2, -0.15) is 0 Å². The van der Waals surface area contributed by atoms with Crippen LogP contribution in [0.2, 0.25) is 0 Å². The van der Waals surface area contributed by atoms with Crippen molar-refractivity contribution < 1.29 is 18.7 Å². The first-order valence-electron chi connectivity index (χ1n) is 10.4. The van der Waals surface area contributed by atoms with Crippen LogP contribution in [-0.4, -0.2) is 30.0 Å². The first-order chi connectivity index (χ1) is 15.9. The van der Waals surface area contributed by atoms with Crippen LogP contribution >= 0.6 is 15.9 Å². The molecule has 0 saturated heterocycles. The van der Waals surface area contributed by atoms with Crippen LogP contribution in [0.15, 0.2) is 71.2 Å². The number of nitrogens with one attached hydrogen (secondary N) is 1. The summed E-state index contributed by atoms with van der Waals surface area (Å²) in [5.41, 5.74) is 3.50.